The molecule has 2 heteroatoms. The minimum atomic E-state index is 0.813. The summed E-state index contributed by atoms with van der Waals surface area (Å²) < 4.78 is 5.43. The standard InChI is InChI=1S/C24H34.C9H13OP/c1-2-3-4-5-6-7-8-9-10-12-16-22-17-15-20-24(21-22)23-18-13-11-14-19-23;11-8-4-7-10-9-5-2-1-3-6-9/h11,13-15,17-21H,2-10,12,16H2,1H3;1-3,5-6H,4,7-8,11H2. The van der Waals surface area contributed by atoms with Gasteiger partial charge in [0.15, 0.2) is 0 Å². The summed E-state index contributed by atoms with van der Waals surface area (Å²) in [6.07, 6.45) is 17.5. The minimum Gasteiger partial charge on any atom is -0.494 e. The Bertz CT molecular complexity index is 863. The summed E-state index contributed by atoms with van der Waals surface area (Å²) in [4.78, 5) is 0. The lowest BCUT2D eigenvalue weighted by atomic mass is 9.99. The first kappa shape index (κ1) is 29.1. The molecule has 1 nitrogen and oxygen atoms in total. The van der Waals surface area contributed by atoms with Crippen LogP contribution in [-0.4, -0.2) is 12.8 Å². The Kier molecular flexibility index (Phi) is 16.7. The van der Waals surface area contributed by atoms with Gasteiger partial charge in [0.05, 0.1) is 6.61 Å². The first-order valence-corrected chi connectivity index (χ1v) is 14.7. The van der Waals surface area contributed by atoms with Gasteiger partial charge in [0.25, 0.3) is 0 Å². The van der Waals surface area contributed by atoms with Crippen LogP contribution in [0, 0.1) is 0 Å². The molecule has 0 saturated carbocycles. The van der Waals surface area contributed by atoms with Gasteiger partial charge < -0.3 is 4.74 Å². The van der Waals surface area contributed by atoms with Crippen molar-refractivity contribution < 1.29 is 4.74 Å². The van der Waals surface area contributed by atoms with E-state index >= 15 is 0 Å². The smallest absolute Gasteiger partial charge is 0.119 e. The van der Waals surface area contributed by atoms with Crippen LogP contribution in [0.4, 0.5) is 0 Å². The Morgan fingerprint density at radius 2 is 1.14 bits per heavy atom. The molecule has 190 valence electrons. The molecule has 0 N–H and O–H groups in total. The van der Waals surface area contributed by atoms with Gasteiger partial charge in [-0.15, -0.1) is 9.24 Å². The number of benzene rings is 3. The maximum atomic E-state index is 5.43. The van der Waals surface area contributed by atoms with E-state index in [2.05, 4.69) is 70.8 Å². The third-order valence-corrected chi connectivity index (χ3v) is 6.62. The molecular formula is C33H47OP. The van der Waals surface area contributed by atoms with Gasteiger partial charge in [0.2, 0.25) is 0 Å². The molecule has 0 aliphatic rings. The van der Waals surface area contributed by atoms with E-state index < -0.39 is 0 Å². The fourth-order valence-electron chi connectivity index (χ4n) is 4.14. The number of rotatable bonds is 16. The van der Waals surface area contributed by atoms with Crippen LogP contribution in [0.3, 0.4) is 0 Å². The van der Waals surface area contributed by atoms with E-state index in [0.717, 1.165) is 24.9 Å². The van der Waals surface area contributed by atoms with Gasteiger partial charge in [-0.3, -0.25) is 0 Å². The first-order chi connectivity index (χ1) is 17.3. The van der Waals surface area contributed by atoms with E-state index in [1.54, 1.807) is 0 Å². The summed E-state index contributed by atoms with van der Waals surface area (Å²) in [7, 11) is 2.69. The van der Waals surface area contributed by atoms with Gasteiger partial charge >= 0.3 is 0 Å². The first-order valence-electron chi connectivity index (χ1n) is 13.9. The average molecular weight is 491 g/mol. The lowest BCUT2D eigenvalue weighted by molar-refractivity contribution is 0.318. The molecule has 0 spiro atoms. The maximum Gasteiger partial charge on any atom is 0.119 e. The Morgan fingerprint density at radius 3 is 1.77 bits per heavy atom. The maximum absolute atomic E-state index is 5.43. The van der Waals surface area contributed by atoms with Gasteiger partial charge in [-0.25, -0.2) is 0 Å². The topological polar surface area (TPSA) is 9.23 Å². The van der Waals surface area contributed by atoms with Crippen LogP contribution in [0.15, 0.2) is 84.9 Å². The zero-order chi connectivity index (χ0) is 24.8. The summed E-state index contributed by atoms with van der Waals surface area (Å²) >= 11 is 0. The molecule has 3 aromatic rings. The largest absolute Gasteiger partial charge is 0.494 e. The van der Waals surface area contributed by atoms with Crippen LogP contribution in [0.1, 0.15) is 83.1 Å². The normalized spacial score (nSPS) is 10.5. The van der Waals surface area contributed by atoms with Crippen molar-refractivity contribution in [3.8, 4) is 16.9 Å². The lowest BCUT2D eigenvalue weighted by Crippen LogP contribution is -1.96. The molecule has 1 unspecified atom stereocenters. The number of aryl methyl sites for hydroxylation is 1. The summed E-state index contributed by atoms with van der Waals surface area (Å²) in [5, 5.41) is 0. The van der Waals surface area contributed by atoms with E-state index in [4.69, 9.17) is 4.74 Å². The predicted octanol–water partition coefficient (Wildman–Crippen LogP) is 10.1. The van der Waals surface area contributed by atoms with Gasteiger partial charge in [0, 0.05) is 0 Å². The second-order valence-electron chi connectivity index (χ2n) is 9.30. The molecule has 0 saturated heterocycles. The van der Waals surface area contributed by atoms with Crippen molar-refractivity contribution in [3.63, 3.8) is 0 Å². The van der Waals surface area contributed by atoms with Crippen molar-refractivity contribution in [3.05, 3.63) is 90.5 Å². The molecule has 0 radical (unpaired) electrons. The van der Waals surface area contributed by atoms with E-state index in [1.807, 2.05) is 30.3 Å². The third-order valence-electron chi connectivity index (χ3n) is 6.21. The average Bonchev–Trinajstić information content (AvgIpc) is 2.92. The highest BCUT2D eigenvalue weighted by Crippen LogP contribution is 2.21. The number of hydrogen-bond donors (Lipinski definition) is 0. The van der Waals surface area contributed by atoms with E-state index in [9.17, 15) is 0 Å². The minimum absolute atomic E-state index is 0.813. The molecule has 3 rings (SSSR count). The quantitative estimate of drug-likeness (QED) is 0.143. The van der Waals surface area contributed by atoms with Crippen LogP contribution in [0.5, 0.6) is 5.75 Å². The Hall–Kier alpha value is -2.11. The fraction of sp³-hybridized carbons (Fsp3) is 0.455. The monoisotopic (exact) mass is 490 g/mol. The van der Waals surface area contributed by atoms with Crippen molar-refractivity contribution in [2.24, 2.45) is 0 Å². The highest BCUT2D eigenvalue weighted by Gasteiger charge is 1.99. The molecule has 0 aliphatic carbocycles. The van der Waals surface area contributed by atoms with Crippen LogP contribution in [0.2, 0.25) is 0 Å². The molecule has 0 aromatic heterocycles. The van der Waals surface area contributed by atoms with E-state index in [1.165, 1.54) is 87.3 Å². The highest BCUT2D eigenvalue weighted by atomic mass is 31.0. The number of hydrogen-bond acceptors (Lipinski definition) is 1. The SMILES string of the molecule is CCCCCCCCCCCCc1cccc(-c2ccccc2)c1.PCCCOc1ccccc1. The number of unbranched alkanes of at least 4 members (excludes halogenated alkanes) is 9. The van der Waals surface area contributed by atoms with Crippen LogP contribution in [0.25, 0.3) is 11.1 Å². The lowest BCUT2D eigenvalue weighted by Gasteiger charge is -2.06. The molecule has 1 atom stereocenters. The zero-order valence-electron chi connectivity index (χ0n) is 22.0. The number of ether oxygens (including phenoxy) is 1. The van der Waals surface area contributed by atoms with Crippen molar-refractivity contribution in [1.82, 2.24) is 0 Å². The fourth-order valence-corrected chi connectivity index (χ4v) is 4.31. The molecule has 0 fully saturated rings. The number of para-hydroxylation sites is 1. The molecule has 35 heavy (non-hydrogen) atoms. The van der Waals surface area contributed by atoms with Gasteiger partial charge in [-0.2, -0.15) is 0 Å². The second-order valence-corrected chi connectivity index (χ2v) is 9.88. The van der Waals surface area contributed by atoms with Crippen molar-refractivity contribution in [1.29, 1.82) is 0 Å². The third kappa shape index (κ3) is 14.1. The van der Waals surface area contributed by atoms with Gasteiger partial charge in [0.1, 0.15) is 5.75 Å². The van der Waals surface area contributed by atoms with Crippen LogP contribution >= 0.6 is 9.24 Å². The molecule has 3 aromatic carbocycles. The molecule has 0 bridgehead atoms. The predicted molar refractivity (Wildman–Crippen MR) is 159 cm³/mol. The van der Waals surface area contributed by atoms with Crippen molar-refractivity contribution in [2.75, 3.05) is 12.8 Å². The summed E-state index contributed by atoms with van der Waals surface area (Å²) in [5.74, 6) is 0.964. The Labute approximate surface area is 217 Å². The van der Waals surface area contributed by atoms with Crippen molar-refractivity contribution in [2.45, 2.75) is 84.0 Å². The van der Waals surface area contributed by atoms with Crippen LogP contribution in [-0.2, 0) is 6.42 Å². The Balaban J connectivity index is 0.000000328. The summed E-state index contributed by atoms with van der Waals surface area (Å²) in [6.45, 7) is 3.10. The second kappa shape index (κ2) is 20.1. The van der Waals surface area contributed by atoms with Crippen LogP contribution < -0.4 is 4.74 Å². The van der Waals surface area contributed by atoms with Crippen molar-refractivity contribution >= 4 is 9.24 Å². The van der Waals surface area contributed by atoms with E-state index in [0.29, 0.717) is 0 Å². The molecular weight excluding hydrogens is 443 g/mol. The summed E-state index contributed by atoms with van der Waals surface area (Å²) in [6, 6.07) is 29.7. The highest BCUT2D eigenvalue weighted by molar-refractivity contribution is 7.16. The van der Waals surface area contributed by atoms with Gasteiger partial charge in [-0.1, -0.05) is 138 Å². The zero-order valence-corrected chi connectivity index (χ0v) is 23.1. The Morgan fingerprint density at radius 1 is 0.571 bits per heavy atom. The summed E-state index contributed by atoms with van der Waals surface area (Å²) in [5.41, 5.74) is 4.15. The molecule has 0 amide bonds. The molecule has 0 heterocycles. The molecule has 0 aliphatic heterocycles. The van der Waals surface area contributed by atoms with Gasteiger partial charge in [-0.05, 0) is 54.2 Å². The van der Waals surface area contributed by atoms with E-state index in [-0.39, 0.29) is 0 Å².